The molecule has 35 heavy (non-hydrogen) atoms. The summed E-state index contributed by atoms with van der Waals surface area (Å²) in [5.41, 5.74) is 1.87. The monoisotopic (exact) mass is 472 g/mol. The summed E-state index contributed by atoms with van der Waals surface area (Å²) in [6.45, 7) is 1.96. The lowest BCUT2D eigenvalue weighted by molar-refractivity contribution is -0.117. The molecule has 2 amide bonds. The number of carbonyl (C=O) groups is 3. The Morgan fingerprint density at radius 3 is 2.17 bits per heavy atom. The highest BCUT2D eigenvalue weighted by atomic mass is 16.5. The van der Waals surface area contributed by atoms with E-state index in [-0.39, 0.29) is 12.3 Å². The molecule has 8 heteroatoms. The molecule has 3 aromatic rings. The number of anilines is 1. The fraction of sp³-hybridized carbons (Fsp3) is 0.148. The van der Waals surface area contributed by atoms with Crippen molar-refractivity contribution in [3.05, 3.63) is 107 Å². The molecule has 1 unspecified atom stereocenters. The molecule has 0 saturated heterocycles. The average molecular weight is 472 g/mol. The van der Waals surface area contributed by atoms with Crippen molar-refractivity contribution in [1.82, 2.24) is 5.32 Å². The summed E-state index contributed by atoms with van der Waals surface area (Å²) in [5.74, 6) is -1.59. The number of aliphatic hydroxyl groups is 1. The predicted molar refractivity (Wildman–Crippen MR) is 129 cm³/mol. The van der Waals surface area contributed by atoms with Crippen molar-refractivity contribution >= 4 is 23.5 Å². The second-order valence-electron chi connectivity index (χ2n) is 7.70. The van der Waals surface area contributed by atoms with Crippen LogP contribution < -0.4 is 15.0 Å². The Kier molecular flexibility index (Phi) is 6.82. The Bertz CT molecular complexity index is 1270. The smallest absolute Gasteiger partial charge is 0.338 e. The molecule has 0 spiro atoms. The molecule has 0 fully saturated rings. The molecule has 1 heterocycles. The number of amides is 2. The standard InChI is InChI=1S/C27H24N2O6/c1-3-35-27(33)19-9-13-20(14-10-19)29-23(17-7-5-4-6-8-17)22(24(30)26(29)32)28-25(31)18-11-15-21(34-2)16-12-18/h4-16,23,30H,3H2,1-2H3,(H,28,31). The molecule has 2 N–H and O–H groups in total. The van der Waals surface area contributed by atoms with Gasteiger partial charge in [0, 0.05) is 11.3 Å². The van der Waals surface area contributed by atoms with E-state index in [4.69, 9.17) is 9.47 Å². The maximum atomic E-state index is 13.2. The van der Waals surface area contributed by atoms with Gasteiger partial charge in [-0.3, -0.25) is 14.5 Å². The van der Waals surface area contributed by atoms with Gasteiger partial charge in [0.1, 0.15) is 11.8 Å². The topological polar surface area (TPSA) is 105 Å². The third-order valence-corrected chi connectivity index (χ3v) is 5.58. The van der Waals surface area contributed by atoms with Crippen LogP contribution in [0, 0.1) is 0 Å². The van der Waals surface area contributed by atoms with Crippen LogP contribution in [0.15, 0.2) is 90.3 Å². The van der Waals surface area contributed by atoms with Gasteiger partial charge >= 0.3 is 5.97 Å². The number of nitrogens with zero attached hydrogens (tertiary/aromatic N) is 1. The van der Waals surface area contributed by atoms with Gasteiger partial charge < -0.3 is 19.9 Å². The van der Waals surface area contributed by atoms with Gasteiger partial charge in [-0.1, -0.05) is 30.3 Å². The van der Waals surface area contributed by atoms with Gasteiger partial charge in [0.05, 0.1) is 25.0 Å². The number of hydrogen-bond acceptors (Lipinski definition) is 6. The summed E-state index contributed by atoms with van der Waals surface area (Å²) in [6, 6.07) is 21.0. The molecule has 0 radical (unpaired) electrons. The third kappa shape index (κ3) is 4.72. The van der Waals surface area contributed by atoms with E-state index >= 15 is 0 Å². The van der Waals surface area contributed by atoms with Crippen molar-refractivity contribution in [3.8, 4) is 5.75 Å². The minimum Gasteiger partial charge on any atom is -0.502 e. The highest BCUT2D eigenvalue weighted by Gasteiger charge is 2.42. The zero-order valence-corrected chi connectivity index (χ0v) is 19.2. The Hall–Kier alpha value is -4.59. The van der Waals surface area contributed by atoms with E-state index in [9.17, 15) is 19.5 Å². The van der Waals surface area contributed by atoms with E-state index < -0.39 is 29.6 Å². The molecular weight excluding hydrogens is 448 g/mol. The number of ether oxygens (including phenoxy) is 2. The fourth-order valence-electron chi connectivity index (χ4n) is 3.86. The normalized spacial score (nSPS) is 15.2. The Balaban J connectivity index is 1.69. The number of aliphatic hydroxyl groups excluding tert-OH is 1. The molecule has 4 rings (SSSR count). The maximum Gasteiger partial charge on any atom is 0.338 e. The number of methoxy groups -OCH3 is 1. The second-order valence-corrected chi connectivity index (χ2v) is 7.70. The summed E-state index contributed by atoms with van der Waals surface area (Å²) in [7, 11) is 1.53. The van der Waals surface area contributed by atoms with Crippen LogP contribution >= 0.6 is 0 Å². The largest absolute Gasteiger partial charge is 0.502 e. The van der Waals surface area contributed by atoms with Crippen LogP contribution in [0.2, 0.25) is 0 Å². The molecule has 3 aromatic carbocycles. The van der Waals surface area contributed by atoms with E-state index in [0.29, 0.717) is 28.1 Å². The minimum atomic E-state index is -0.792. The molecule has 1 aliphatic heterocycles. The summed E-state index contributed by atoms with van der Waals surface area (Å²) in [5, 5.41) is 13.5. The number of benzene rings is 3. The van der Waals surface area contributed by atoms with Crippen LogP contribution in [0.5, 0.6) is 5.75 Å². The first kappa shape index (κ1) is 23.6. The van der Waals surface area contributed by atoms with E-state index in [1.54, 1.807) is 79.7 Å². The Labute approximate surface area is 202 Å². The van der Waals surface area contributed by atoms with E-state index in [0.717, 1.165) is 0 Å². The first-order valence-electron chi connectivity index (χ1n) is 11.0. The molecule has 1 aliphatic rings. The molecule has 1 atom stereocenters. The number of rotatable bonds is 7. The second kappa shape index (κ2) is 10.1. The van der Waals surface area contributed by atoms with Crippen LogP contribution in [-0.2, 0) is 9.53 Å². The highest BCUT2D eigenvalue weighted by molar-refractivity contribution is 6.10. The van der Waals surface area contributed by atoms with Gasteiger partial charge in [-0.25, -0.2) is 4.79 Å². The van der Waals surface area contributed by atoms with Gasteiger partial charge in [0.25, 0.3) is 11.8 Å². The minimum absolute atomic E-state index is 0.0662. The Morgan fingerprint density at radius 1 is 0.943 bits per heavy atom. The molecule has 0 saturated carbocycles. The average Bonchev–Trinajstić information content (AvgIpc) is 3.14. The van der Waals surface area contributed by atoms with Crippen LogP contribution in [0.3, 0.4) is 0 Å². The fourth-order valence-corrected chi connectivity index (χ4v) is 3.86. The van der Waals surface area contributed by atoms with Crippen LogP contribution in [0.4, 0.5) is 5.69 Å². The van der Waals surface area contributed by atoms with Crippen LogP contribution in [0.25, 0.3) is 0 Å². The maximum absolute atomic E-state index is 13.2. The molecule has 0 bridgehead atoms. The van der Waals surface area contributed by atoms with Crippen molar-refractivity contribution in [2.75, 3.05) is 18.6 Å². The number of esters is 1. The molecular formula is C27H24N2O6. The number of carbonyl (C=O) groups excluding carboxylic acids is 3. The zero-order valence-electron chi connectivity index (χ0n) is 19.2. The van der Waals surface area contributed by atoms with E-state index in [1.165, 1.54) is 12.0 Å². The van der Waals surface area contributed by atoms with Gasteiger partial charge in [-0.15, -0.1) is 0 Å². The number of hydrogen-bond donors (Lipinski definition) is 2. The quantitative estimate of drug-likeness (QED) is 0.501. The van der Waals surface area contributed by atoms with Crippen LogP contribution in [-0.4, -0.2) is 36.6 Å². The van der Waals surface area contributed by atoms with Crippen molar-refractivity contribution in [3.63, 3.8) is 0 Å². The summed E-state index contributed by atoms with van der Waals surface area (Å²) >= 11 is 0. The Morgan fingerprint density at radius 2 is 1.57 bits per heavy atom. The van der Waals surface area contributed by atoms with Crippen molar-refractivity contribution in [2.45, 2.75) is 13.0 Å². The SMILES string of the molecule is CCOC(=O)c1ccc(N2C(=O)C(O)=C(NC(=O)c3ccc(OC)cc3)C2c2ccccc2)cc1. The first-order chi connectivity index (χ1) is 16.9. The highest BCUT2D eigenvalue weighted by Crippen LogP contribution is 2.39. The van der Waals surface area contributed by atoms with Gasteiger partial charge in [0.15, 0.2) is 0 Å². The van der Waals surface area contributed by atoms with Gasteiger partial charge in [0.2, 0.25) is 5.76 Å². The third-order valence-electron chi connectivity index (χ3n) is 5.58. The van der Waals surface area contributed by atoms with Crippen molar-refractivity contribution < 1.29 is 29.0 Å². The summed E-state index contributed by atoms with van der Waals surface area (Å²) in [4.78, 5) is 39.6. The number of nitrogens with one attached hydrogen (secondary N) is 1. The predicted octanol–water partition coefficient (Wildman–Crippen LogP) is 4.16. The van der Waals surface area contributed by atoms with Crippen molar-refractivity contribution in [1.29, 1.82) is 0 Å². The lowest BCUT2D eigenvalue weighted by Gasteiger charge is -2.27. The van der Waals surface area contributed by atoms with Gasteiger partial charge in [-0.05, 0) is 61.0 Å². The molecule has 0 aliphatic carbocycles. The van der Waals surface area contributed by atoms with Gasteiger partial charge in [-0.2, -0.15) is 0 Å². The summed E-state index contributed by atoms with van der Waals surface area (Å²) in [6.07, 6.45) is 0. The van der Waals surface area contributed by atoms with E-state index in [1.807, 2.05) is 6.07 Å². The lowest BCUT2D eigenvalue weighted by Crippen LogP contribution is -2.33. The van der Waals surface area contributed by atoms with Crippen LogP contribution in [0.1, 0.15) is 39.2 Å². The molecule has 0 aromatic heterocycles. The van der Waals surface area contributed by atoms with E-state index in [2.05, 4.69) is 5.32 Å². The zero-order chi connectivity index (χ0) is 24.9. The summed E-state index contributed by atoms with van der Waals surface area (Å²) < 4.78 is 10.1. The first-order valence-corrected chi connectivity index (χ1v) is 11.0. The lowest BCUT2D eigenvalue weighted by atomic mass is 10.0. The molecule has 8 nitrogen and oxygen atoms in total. The van der Waals surface area contributed by atoms with Crippen molar-refractivity contribution in [2.24, 2.45) is 0 Å². The molecule has 178 valence electrons.